The first-order valence-electron chi connectivity index (χ1n) is 7.10. The molecule has 3 aliphatic rings. The second-order valence-electron chi connectivity index (χ2n) is 6.47. The van der Waals surface area contributed by atoms with Crippen LogP contribution in [0.3, 0.4) is 0 Å². The average molecular weight is 237 g/mol. The van der Waals surface area contributed by atoms with Crippen LogP contribution in [-0.4, -0.2) is 34.6 Å². The van der Waals surface area contributed by atoms with Crippen LogP contribution in [0.25, 0.3) is 0 Å². The predicted octanol–water partition coefficient (Wildman–Crippen LogP) is 1.80. The second kappa shape index (κ2) is 3.98. The molecule has 1 aliphatic heterocycles. The van der Waals surface area contributed by atoms with Crippen LogP contribution >= 0.6 is 0 Å². The van der Waals surface area contributed by atoms with Gasteiger partial charge in [-0.25, -0.2) is 0 Å². The van der Waals surface area contributed by atoms with Gasteiger partial charge in [0.15, 0.2) is 0 Å². The fraction of sp³-hybridized carbons (Fsp3) is 0.929. The molecule has 96 valence electrons. The van der Waals surface area contributed by atoms with Gasteiger partial charge in [0.2, 0.25) is 5.91 Å². The van der Waals surface area contributed by atoms with E-state index in [9.17, 15) is 9.90 Å². The van der Waals surface area contributed by atoms with E-state index in [1.807, 2.05) is 11.8 Å². The molecule has 1 N–H and O–H groups in total. The van der Waals surface area contributed by atoms with E-state index in [0.717, 1.165) is 24.7 Å². The summed E-state index contributed by atoms with van der Waals surface area (Å²) >= 11 is 0. The normalized spacial score (nSPS) is 38.2. The standard InChI is InChI=1S/C14H23NO2/c1-2-14(17)8-15(9-14)13(16)7-12-6-10-3-4-11(12)5-10/h10-12,17H,2-9H2,1H3. The van der Waals surface area contributed by atoms with Crippen LogP contribution in [0.4, 0.5) is 0 Å². The van der Waals surface area contributed by atoms with E-state index in [1.54, 1.807) is 0 Å². The number of amides is 1. The lowest BCUT2D eigenvalue weighted by atomic mass is 9.84. The van der Waals surface area contributed by atoms with Crippen molar-refractivity contribution in [1.29, 1.82) is 0 Å². The van der Waals surface area contributed by atoms with Crippen molar-refractivity contribution in [1.82, 2.24) is 4.90 Å². The van der Waals surface area contributed by atoms with Gasteiger partial charge in [0.05, 0.1) is 18.7 Å². The SMILES string of the molecule is CCC1(O)CN(C(=O)CC2CC3CCC2C3)C1. The molecule has 2 bridgehead atoms. The highest BCUT2D eigenvalue weighted by atomic mass is 16.3. The van der Waals surface area contributed by atoms with Crippen LogP contribution in [0.5, 0.6) is 0 Å². The minimum Gasteiger partial charge on any atom is -0.386 e. The Hall–Kier alpha value is -0.570. The smallest absolute Gasteiger partial charge is 0.223 e. The lowest BCUT2D eigenvalue weighted by Crippen LogP contribution is -2.63. The number of fused-ring (bicyclic) bond motifs is 2. The van der Waals surface area contributed by atoms with Gasteiger partial charge in [-0.05, 0) is 43.4 Å². The molecule has 17 heavy (non-hydrogen) atoms. The Bertz CT molecular complexity index is 322. The first-order valence-corrected chi connectivity index (χ1v) is 7.10. The van der Waals surface area contributed by atoms with E-state index in [1.165, 1.54) is 25.7 Å². The van der Waals surface area contributed by atoms with Gasteiger partial charge in [0, 0.05) is 6.42 Å². The number of nitrogens with zero attached hydrogens (tertiary/aromatic N) is 1. The van der Waals surface area contributed by atoms with Crippen molar-refractivity contribution in [3.63, 3.8) is 0 Å². The lowest BCUT2D eigenvalue weighted by Gasteiger charge is -2.46. The molecular weight excluding hydrogens is 214 g/mol. The molecule has 3 unspecified atom stereocenters. The van der Waals surface area contributed by atoms with Gasteiger partial charge >= 0.3 is 0 Å². The number of carbonyl (C=O) groups is 1. The van der Waals surface area contributed by atoms with E-state index < -0.39 is 5.60 Å². The molecule has 1 amide bonds. The first-order chi connectivity index (χ1) is 8.09. The molecule has 0 aromatic carbocycles. The first kappa shape index (κ1) is 11.5. The van der Waals surface area contributed by atoms with Gasteiger partial charge in [-0.2, -0.15) is 0 Å². The summed E-state index contributed by atoms with van der Waals surface area (Å²) in [5, 5.41) is 9.91. The molecule has 3 fully saturated rings. The minimum atomic E-state index is -0.579. The van der Waals surface area contributed by atoms with Crippen molar-refractivity contribution < 1.29 is 9.90 Å². The van der Waals surface area contributed by atoms with Crippen molar-refractivity contribution >= 4 is 5.91 Å². The molecule has 1 heterocycles. The largest absolute Gasteiger partial charge is 0.386 e. The summed E-state index contributed by atoms with van der Waals surface area (Å²) in [7, 11) is 0. The van der Waals surface area contributed by atoms with E-state index in [-0.39, 0.29) is 5.91 Å². The number of carbonyl (C=O) groups excluding carboxylic acids is 1. The van der Waals surface area contributed by atoms with Crippen molar-refractivity contribution in [2.24, 2.45) is 17.8 Å². The highest BCUT2D eigenvalue weighted by Gasteiger charge is 2.45. The molecule has 3 rings (SSSR count). The second-order valence-corrected chi connectivity index (χ2v) is 6.47. The summed E-state index contributed by atoms with van der Waals surface area (Å²) < 4.78 is 0. The summed E-state index contributed by atoms with van der Waals surface area (Å²) in [5.41, 5.74) is -0.579. The van der Waals surface area contributed by atoms with E-state index >= 15 is 0 Å². The van der Waals surface area contributed by atoms with E-state index in [4.69, 9.17) is 0 Å². The van der Waals surface area contributed by atoms with Gasteiger partial charge in [0.1, 0.15) is 0 Å². The molecule has 2 saturated carbocycles. The molecule has 0 aromatic heterocycles. The number of β-amino-alcohol motifs (C(OH)–C–C–N with tert-alkyl or cyclic N) is 1. The highest BCUT2D eigenvalue weighted by Crippen LogP contribution is 2.49. The topological polar surface area (TPSA) is 40.5 Å². The quantitative estimate of drug-likeness (QED) is 0.813. The maximum Gasteiger partial charge on any atom is 0.223 e. The van der Waals surface area contributed by atoms with Gasteiger partial charge < -0.3 is 10.0 Å². The maximum absolute atomic E-state index is 12.1. The van der Waals surface area contributed by atoms with Crippen LogP contribution in [-0.2, 0) is 4.79 Å². The lowest BCUT2D eigenvalue weighted by molar-refractivity contribution is -0.157. The summed E-state index contributed by atoms with van der Waals surface area (Å²) in [6.45, 7) is 3.10. The number of rotatable bonds is 3. The molecule has 3 atom stereocenters. The molecular formula is C14H23NO2. The minimum absolute atomic E-state index is 0.278. The number of hydrogen-bond acceptors (Lipinski definition) is 2. The summed E-state index contributed by atoms with van der Waals surface area (Å²) in [6, 6.07) is 0. The fourth-order valence-electron chi connectivity index (χ4n) is 4.04. The molecule has 1 saturated heterocycles. The summed E-state index contributed by atoms with van der Waals surface area (Å²) in [6.07, 6.45) is 6.89. The average Bonchev–Trinajstić information content (AvgIpc) is 2.86. The Morgan fingerprint density at radius 1 is 1.35 bits per heavy atom. The molecule has 0 radical (unpaired) electrons. The fourth-order valence-corrected chi connectivity index (χ4v) is 4.04. The van der Waals surface area contributed by atoms with Gasteiger partial charge in [-0.3, -0.25) is 4.79 Å². The van der Waals surface area contributed by atoms with Crippen molar-refractivity contribution in [3.05, 3.63) is 0 Å². The van der Waals surface area contributed by atoms with Gasteiger partial charge in [-0.1, -0.05) is 13.3 Å². The Morgan fingerprint density at radius 2 is 2.12 bits per heavy atom. The van der Waals surface area contributed by atoms with Crippen molar-refractivity contribution in [3.8, 4) is 0 Å². The van der Waals surface area contributed by atoms with Crippen LogP contribution in [0.15, 0.2) is 0 Å². The number of aliphatic hydroxyl groups is 1. The van der Waals surface area contributed by atoms with E-state index in [0.29, 0.717) is 19.0 Å². The zero-order valence-electron chi connectivity index (χ0n) is 10.7. The third-order valence-electron chi connectivity index (χ3n) is 5.30. The zero-order valence-corrected chi connectivity index (χ0v) is 10.7. The van der Waals surface area contributed by atoms with Crippen LogP contribution in [0.2, 0.25) is 0 Å². The molecule has 3 heteroatoms. The van der Waals surface area contributed by atoms with Gasteiger partial charge in [-0.15, -0.1) is 0 Å². The Balaban J connectivity index is 1.49. The molecule has 2 aliphatic carbocycles. The third-order valence-corrected chi connectivity index (χ3v) is 5.30. The number of hydrogen-bond donors (Lipinski definition) is 1. The highest BCUT2D eigenvalue weighted by molar-refractivity contribution is 5.77. The number of likely N-dealkylation sites (tertiary alicyclic amines) is 1. The molecule has 0 aromatic rings. The van der Waals surface area contributed by atoms with Crippen LogP contribution < -0.4 is 0 Å². The summed E-state index contributed by atoms with van der Waals surface area (Å²) in [4.78, 5) is 13.9. The van der Waals surface area contributed by atoms with Crippen molar-refractivity contribution in [2.45, 2.75) is 51.0 Å². The Kier molecular flexibility index (Phi) is 2.69. The molecule has 0 spiro atoms. The third kappa shape index (κ3) is 1.99. The monoisotopic (exact) mass is 237 g/mol. The van der Waals surface area contributed by atoms with E-state index in [2.05, 4.69) is 0 Å². The maximum atomic E-state index is 12.1. The zero-order chi connectivity index (χ0) is 12.0. The van der Waals surface area contributed by atoms with Crippen molar-refractivity contribution in [2.75, 3.05) is 13.1 Å². The Morgan fingerprint density at radius 3 is 2.65 bits per heavy atom. The van der Waals surface area contributed by atoms with Gasteiger partial charge in [0.25, 0.3) is 0 Å². The predicted molar refractivity (Wildman–Crippen MR) is 65.4 cm³/mol. The van der Waals surface area contributed by atoms with Crippen LogP contribution in [0.1, 0.15) is 45.4 Å². The Labute approximate surface area is 103 Å². The molecule has 3 nitrogen and oxygen atoms in total. The van der Waals surface area contributed by atoms with Crippen LogP contribution in [0, 0.1) is 17.8 Å². The summed E-state index contributed by atoms with van der Waals surface area (Å²) in [5.74, 6) is 2.68.